The van der Waals surface area contributed by atoms with Gasteiger partial charge in [0.25, 0.3) is 5.69 Å². The standard InChI is InChI=1S/C19H20F2N4O6S/c20-18(21)31-17-7-2-1-4-14(17)13-22-19(26)23-8-10-24(11-9-23)32(29,30)16-6-3-5-15(12-16)25(27)28/h1-7,12,18H,8-11,13H2,(H,22,26). The Morgan fingerprint density at radius 3 is 2.47 bits per heavy atom. The number of nitrogens with one attached hydrogen (secondary N) is 1. The lowest BCUT2D eigenvalue weighted by Gasteiger charge is -2.34. The van der Waals surface area contributed by atoms with Crippen LogP contribution in [0.5, 0.6) is 5.75 Å². The lowest BCUT2D eigenvalue weighted by Crippen LogP contribution is -2.52. The summed E-state index contributed by atoms with van der Waals surface area (Å²) in [6, 6.07) is 10.3. The number of ether oxygens (including phenoxy) is 1. The zero-order valence-corrected chi connectivity index (χ0v) is 17.5. The summed E-state index contributed by atoms with van der Waals surface area (Å²) in [4.78, 5) is 23.9. The van der Waals surface area contributed by atoms with E-state index in [1.807, 2.05) is 0 Å². The number of nitro groups is 1. The summed E-state index contributed by atoms with van der Waals surface area (Å²) in [5.41, 5.74) is 0.0354. The highest BCUT2D eigenvalue weighted by atomic mass is 32.2. The number of amides is 2. The van der Waals surface area contributed by atoms with Crippen LogP contribution in [0.4, 0.5) is 19.3 Å². The monoisotopic (exact) mass is 470 g/mol. The molecule has 1 heterocycles. The summed E-state index contributed by atoms with van der Waals surface area (Å²) < 4.78 is 56.2. The molecule has 2 amide bonds. The van der Waals surface area contributed by atoms with Gasteiger partial charge in [0.05, 0.1) is 9.82 Å². The van der Waals surface area contributed by atoms with Crippen molar-refractivity contribution in [2.45, 2.75) is 18.1 Å². The van der Waals surface area contributed by atoms with E-state index in [0.29, 0.717) is 5.56 Å². The Morgan fingerprint density at radius 1 is 1.12 bits per heavy atom. The van der Waals surface area contributed by atoms with E-state index in [1.54, 1.807) is 12.1 Å². The van der Waals surface area contributed by atoms with Gasteiger partial charge in [0.1, 0.15) is 5.75 Å². The van der Waals surface area contributed by atoms with E-state index in [4.69, 9.17) is 0 Å². The van der Waals surface area contributed by atoms with E-state index in [9.17, 15) is 32.1 Å². The average Bonchev–Trinajstić information content (AvgIpc) is 2.78. The number of carbonyl (C=O) groups excluding carboxylic acids is 1. The zero-order chi connectivity index (χ0) is 23.3. The normalized spacial score (nSPS) is 14.9. The first-order chi connectivity index (χ1) is 15.2. The van der Waals surface area contributed by atoms with E-state index < -0.39 is 27.6 Å². The highest BCUT2D eigenvalue weighted by Crippen LogP contribution is 2.23. The van der Waals surface area contributed by atoms with E-state index >= 15 is 0 Å². The highest BCUT2D eigenvalue weighted by Gasteiger charge is 2.31. The van der Waals surface area contributed by atoms with E-state index in [2.05, 4.69) is 10.1 Å². The summed E-state index contributed by atoms with van der Waals surface area (Å²) >= 11 is 0. The summed E-state index contributed by atoms with van der Waals surface area (Å²) in [6.45, 7) is -2.85. The molecular formula is C19H20F2N4O6S. The van der Waals surface area contributed by atoms with Crippen LogP contribution in [0, 0.1) is 10.1 Å². The number of urea groups is 1. The Kier molecular flexibility index (Phi) is 7.20. The number of piperazine rings is 1. The smallest absolute Gasteiger partial charge is 0.387 e. The number of alkyl halides is 2. The number of hydrogen-bond acceptors (Lipinski definition) is 6. The van der Waals surface area contributed by atoms with Gasteiger partial charge in [0, 0.05) is 50.4 Å². The summed E-state index contributed by atoms with van der Waals surface area (Å²) in [7, 11) is -3.96. The Balaban J connectivity index is 1.58. The SMILES string of the molecule is O=C(NCc1ccccc1OC(F)F)N1CCN(S(=O)(=O)c2cccc([N+](=O)[O-])c2)CC1. The number of nitro benzene ring substituents is 1. The molecule has 0 atom stereocenters. The third-order valence-corrected chi connectivity index (χ3v) is 6.71. The Bertz CT molecular complexity index is 1090. The van der Waals surface area contributed by atoms with Gasteiger partial charge in [-0.1, -0.05) is 24.3 Å². The largest absolute Gasteiger partial charge is 0.434 e. The quantitative estimate of drug-likeness (QED) is 0.490. The number of hydrogen-bond donors (Lipinski definition) is 1. The van der Waals surface area contributed by atoms with Crippen molar-refractivity contribution in [1.29, 1.82) is 0 Å². The second-order valence-corrected chi connectivity index (χ2v) is 8.73. The van der Waals surface area contributed by atoms with E-state index in [0.717, 1.165) is 10.4 Å². The predicted octanol–water partition coefficient (Wildman–Crippen LogP) is 2.41. The molecule has 1 fully saturated rings. The van der Waals surface area contributed by atoms with Crippen molar-refractivity contribution < 1.29 is 31.7 Å². The van der Waals surface area contributed by atoms with Crippen LogP contribution in [0.1, 0.15) is 5.56 Å². The van der Waals surface area contributed by atoms with Crippen LogP contribution < -0.4 is 10.1 Å². The maximum atomic E-state index is 12.8. The van der Waals surface area contributed by atoms with Gasteiger partial charge in [-0.05, 0) is 12.1 Å². The molecule has 2 aromatic carbocycles. The first-order valence-electron chi connectivity index (χ1n) is 9.48. The molecule has 0 aliphatic carbocycles. The van der Waals surface area contributed by atoms with Crippen LogP contribution in [0.2, 0.25) is 0 Å². The lowest BCUT2D eigenvalue weighted by atomic mass is 10.2. The molecule has 32 heavy (non-hydrogen) atoms. The minimum Gasteiger partial charge on any atom is -0.434 e. The van der Waals surface area contributed by atoms with E-state index in [1.165, 1.54) is 35.2 Å². The summed E-state index contributed by atoms with van der Waals surface area (Å²) in [5, 5.41) is 13.5. The minimum atomic E-state index is -3.96. The van der Waals surface area contributed by atoms with Crippen LogP contribution in [-0.4, -0.2) is 61.4 Å². The number of carbonyl (C=O) groups is 1. The number of rotatable bonds is 7. The van der Waals surface area contributed by atoms with Crippen molar-refractivity contribution in [3.05, 3.63) is 64.2 Å². The molecule has 0 spiro atoms. The van der Waals surface area contributed by atoms with Gasteiger partial charge in [-0.3, -0.25) is 10.1 Å². The number of halogens is 2. The molecule has 0 unspecified atom stereocenters. The summed E-state index contributed by atoms with van der Waals surface area (Å²) in [6.07, 6.45) is 0. The fourth-order valence-corrected chi connectivity index (χ4v) is 4.64. The second kappa shape index (κ2) is 9.87. The molecule has 13 heteroatoms. The Labute approximate surface area is 182 Å². The first-order valence-corrected chi connectivity index (χ1v) is 10.9. The second-order valence-electron chi connectivity index (χ2n) is 6.79. The van der Waals surface area contributed by atoms with E-state index in [-0.39, 0.29) is 49.1 Å². The Hall–Kier alpha value is -3.32. The van der Waals surface area contributed by atoms with Crippen LogP contribution in [0.25, 0.3) is 0 Å². The molecule has 172 valence electrons. The van der Waals surface area contributed by atoms with Gasteiger partial charge in [-0.25, -0.2) is 13.2 Å². The maximum Gasteiger partial charge on any atom is 0.387 e. The van der Waals surface area contributed by atoms with Crippen LogP contribution in [0.3, 0.4) is 0 Å². The molecule has 1 N–H and O–H groups in total. The van der Waals surface area contributed by atoms with Crippen molar-refractivity contribution in [1.82, 2.24) is 14.5 Å². The van der Waals surface area contributed by atoms with Gasteiger partial charge in [0.15, 0.2) is 0 Å². The molecule has 0 saturated carbocycles. The highest BCUT2D eigenvalue weighted by molar-refractivity contribution is 7.89. The molecule has 2 aromatic rings. The van der Waals surface area contributed by atoms with Crippen LogP contribution >= 0.6 is 0 Å². The molecule has 10 nitrogen and oxygen atoms in total. The lowest BCUT2D eigenvalue weighted by molar-refractivity contribution is -0.385. The third kappa shape index (κ3) is 5.48. The topological polar surface area (TPSA) is 122 Å². The summed E-state index contributed by atoms with van der Waals surface area (Å²) in [5.74, 6) is -0.0457. The molecular weight excluding hydrogens is 450 g/mol. The maximum absolute atomic E-state index is 12.8. The van der Waals surface area contributed by atoms with Gasteiger partial charge >= 0.3 is 12.6 Å². The molecule has 1 aliphatic rings. The number of nitrogens with zero attached hydrogens (tertiary/aromatic N) is 3. The molecule has 0 bridgehead atoms. The number of para-hydroxylation sites is 1. The molecule has 1 aliphatic heterocycles. The average molecular weight is 470 g/mol. The predicted molar refractivity (Wildman–Crippen MR) is 109 cm³/mol. The van der Waals surface area contributed by atoms with Gasteiger partial charge < -0.3 is 15.0 Å². The molecule has 3 rings (SSSR count). The van der Waals surface area contributed by atoms with Crippen molar-refractivity contribution in [3.63, 3.8) is 0 Å². The fraction of sp³-hybridized carbons (Fsp3) is 0.316. The number of non-ortho nitro benzene ring substituents is 1. The van der Waals surface area contributed by atoms with Crippen LogP contribution in [0.15, 0.2) is 53.4 Å². The zero-order valence-electron chi connectivity index (χ0n) is 16.7. The van der Waals surface area contributed by atoms with Crippen molar-refractivity contribution in [2.24, 2.45) is 0 Å². The molecule has 0 aromatic heterocycles. The fourth-order valence-electron chi connectivity index (χ4n) is 3.18. The number of benzene rings is 2. The Morgan fingerprint density at radius 2 is 1.81 bits per heavy atom. The molecule has 1 saturated heterocycles. The molecule has 0 radical (unpaired) electrons. The van der Waals surface area contributed by atoms with Gasteiger partial charge in [0.2, 0.25) is 10.0 Å². The minimum absolute atomic E-state index is 0.00350. The van der Waals surface area contributed by atoms with Gasteiger partial charge in [-0.2, -0.15) is 13.1 Å². The van der Waals surface area contributed by atoms with Gasteiger partial charge in [-0.15, -0.1) is 0 Å². The number of sulfonamides is 1. The third-order valence-electron chi connectivity index (χ3n) is 4.81. The van der Waals surface area contributed by atoms with Crippen molar-refractivity contribution in [2.75, 3.05) is 26.2 Å². The first kappa shape index (κ1) is 23.3. The van der Waals surface area contributed by atoms with Crippen molar-refractivity contribution >= 4 is 21.7 Å². The van der Waals surface area contributed by atoms with Crippen molar-refractivity contribution in [3.8, 4) is 5.75 Å². The van der Waals surface area contributed by atoms with Crippen LogP contribution in [-0.2, 0) is 16.6 Å².